The molecule has 2 aliphatic rings. The number of hydrogen-bond donors (Lipinski definition) is 1. The Kier molecular flexibility index (Phi) is 4.51. The van der Waals surface area contributed by atoms with E-state index < -0.39 is 0 Å². The molecule has 5 heteroatoms. The third-order valence-electron chi connectivity index (χ3n) is 3.96. The first-order valence-corrected chi connectivity index (χ1v) is 7.73. The Balaban J connectivity index is 1.75. The van der Waals surface area contributed by atoms with E-state index in [1.807, 2.05) is 30.4 Å². The minimum absolute atomic E-state index is 0.0233. The van der Waals surface area contributed by atoms with Crippen LogP contribution in [0.25, 0.3) is 0 Å². The van der Waals surface area contributed by atoms with Crippen LogP contribution in [0.2, 0.25) is 0 Å². The first kappa shape index (κ1) is 16.1. The second-order valence-electron chi connectivity index (χ2n) is 5.82. The number of benzene rings is 1. The lowest BCUT2D eigenvalue weighted by Gasteiger charge is -2.18. The van der Waals surface area contributed by atoms with E-state index in [2.05, 4.69) is 10.3 Å². The molecule has 1 unspecified atom stereocenters. The lowest BCUT2D eigenvalue weighted by atomic mass is 9.90. The number of halogens is 1. The third kappa shape index (κ3) is 3.56. The van der Waals surface area contributed by atoms with Crippen LogP contribution in [-0.4, -0.2) is 17.5 Å². The molecule has 24 heavy (non-hydrogen) atoms. The molecule has 0 saturated heterocycles. The largest absolute Gasteiger partial charge is 0.352 e. The lowest BCUT2D eigenvalue weighted by Crippen LogP contribution is -2.21. The molecule has 1 atom stereocenters. The number of carbonyl (C=O) groups is 2. The molecule has 0 aromatic heterocycles. The maximum absolute atomic E-state index is 14.3. The van der Waals surface area contributed by atoms with E-state index >= 15 is 0 Å². The Bertz CT molecular complexity index is 819. The van der Waals surface area contributed by atoms with Crippen LogP contribution < -0.4 is 5.32 Å². The van der Waals surface area contributed by atoms with Crippen LogP contribution in [0.3, 0.4) is 0 Å². The van der Waals surface area contributed by atoms with Crippen LogP contribution in [0.4, 0.5) is 4.39 Å². The predicted molar refractivity (Wildman–Crippen MR) is 89.9 cm³/mol. The Morgan fingerprint density at radius 3 is 2.92 bits per heavy atom. The number of nitrogens with one attached hydrogen (secondary N) is 1. The van der Waals surface area contributed by atoms with Gasteiger partial charge in [-0.25, -0.2) is 9.38 Å². The molecule has 2 amide bonds. The minimum Gasteiger partial charge on any atom is -0.352 e. The number of carbonyl (C=O) groups excluding carboxylic acids is 2. The van der Waals surface area contributed by atoms with Crippen LogP contribution >= 0.6 is 0 Å². The van der Waals surface area contributed by atoms with Crippen molar-refractivity contribution < 1.29 is 14.0 Å². The minimum atomic E-state index is -0.389. The monoisotopic (exact) mass is 324 g/mol. The van der Waals surface area contributed by atoms with Crippen molar-refractivity contribution >= 4 is 17.5 Å². The van der Waals surface area contributed by atoms with E-state index in [0.29, 0.717) is 16.7 Å². The van der Waals surface area contributed by atoms with Crippen molar-refractivity contribution in [2.24, 2.45) is 10.9 Å². The Morgan fingerprint density at radius 1 is 1.33 bits per heavy atom. The molecule has 0 spiro atoms. The molecule has 1 aromatic carbocycles. The molecule has 0 radical (unpaired) electrons. The summed E-state index contributed by atoms with van der Waals surface area (Å²) in [6, 6.07) is 4.79. The number of hydrogen-bond acceptors (Lipinski definition) is 2. The van der Waals surface area contributed by atoms with Gasteiger partial charge in [-0.2, -0.15) is 0 Å². The normalized spacial score (nSPS) is 18.8. The van der Waals surface area contributed by atoms with Gasteiger partial charge in [0.1, 0.15) is 5.82 Å². The Morgan fingerprint density at radius 2 is 2.17 bits per heavy atom. The number of allylic oxidation sites excluding steroid dienone is 5. The summed E-state index contributed by atoms with van der Waals surface area (Å²) in [6.45, 7) is 1.69. The fraction of sp³-hybridized carbons (Fsp3) is 0.211. The third-order valence-corrected chi connectivity index (χ3v) is 3.96. The molecular formula is C19H17FN2O2. The number of amides is 2. The zero-order valence-corrected chi connectivity index (χ0v) is 13.3. The van der Waals surface area contributed by atoms with Gasteiger partial charge in [-0.1, -0.05) is 36.4 Å². The van der Waals surface area contributed by atoms with Gasteiger partial charge in [-0.3, -0.25) is 9.59 Å². The van der Waals surface area contributed by atoms with Crippen molar-refractivity contribution in [1.29, 1.82) is 0 Å². The summed E-state index contributed by atoms with van der Waals surface area (Å²) in [6.07, 6.45) is 9.57. The summed E-state index contributed by atoms with van der Waals surface area (Å²) in [7, 11) is 0. The summed E-state index contributed by atoms with van der Waals surface area (Å²) in [4.78, 5) is 27.1. The van der Waals surface area contributed by atoms with Crippen LogP contribution in [0.5, 0.6) is 0 Å². The van der Waals surface area contributed by atoms with Gasteiger partial charge in [0.25, 0.3) is 5.91 Å². The topological polar surface area (TPSA) is 58.5 Å². The fourth-order valence-electron chi connectivity index (χ4n) is 2.69. The molecule has 0 bridgehead atoms. The van der Waals surface area contributed by atoms with E-state index in [1.165, 1.54) is 13.0 Å². The molecule has 1 aliphatic carbocycles. The highest BCUT2D eigenvalue weighted by Gasteiger charge is 2.22. The standard InChI is InChI=1S/C19H17FN2O2/c1-12(23)21-11-13-6-7-14(17(20)8-13)9-16-10-15-4-2-3-5-18(15)22-19(16)24/h2-8,10,15H,9,11H2,1H3,(H,21,23). The molecule has 1 N–H and O–H groups in total. The van der Waals surface area contributed by atoms with Crippen molar-refractivity contribution in [2.75, 3.05) is 0 Å². The van der Waals surface area contributed by atoms with Crippen LogP contribution in [0.15, 0.2) is 59.1 Å². The summed E-state index contributed by atoms with van der Waals surface area (Å²) in [5.41, 5.74) is 2.33. The molecule has 122 valence electrons. The molecule has 4 nitrogen and oxygen atoms in total. The number of fused-ring (bicyclic) bond motifs is 1. The van der Waals surface area contributed by atoms with Crippen molar-refractivity contribution in [1.82, 2.24) is 5.32 Å². The average Bonchev–Trinajstić information content (AvgIpc) is 2.55. The number of aliphatic imine (C=N–C) groups is 1. The highest BCUT2D eigenvalue weighted by molar-refractivity contribution is 6.13. The first-order valence-electron chi connectivity index (χ1n) is 7.73. The fourth-order valence-corrected chi connectivity index (χ4v) is 2.69. The quantitative estimate of drug-likeness (QED) is 0.925. The number of nitrogens with zero attached hydrogens (tertiary/aromatic N) is 1. The predicted octanol–water partition coefficient (Wildman–Crippen LogP) is 2.65. The van der Waals surface area contributed by atoms with Gasteiger partial charge in [-0.05, 0) is 23.3 Å². The van der Waals surface area contributed by atoms with E-state index in [4.69, 9.17) is 0 Å². The molecule has 3 rings (SSSR count). The molecule has 1 heterocycles. The zero-order chi connectivity index (χ0) is 17.1. The average molecular weight is 324 g/mol. The summed E-state index contributed by atoms with van der Waals surface area (Å²) in [5.74, 6) is -0.895. The maximum atomic E-state index is 14.3. The van der Waals surface area contributed by atoms with E-state index in [9.17, 15) is 14.0 Å². The summed E-state index contributed by atoms with van der Waals surface area (Å²) >= 11 is 0. The first-order chi connectivity index (χ1) is 11.5. The summed E-state index contributed by atoms with van der Waals surface area (Å²) < 4.78 is 14.3. The Labute approximate surface area is 139 Å². The molecule has 0 fully saturated rings. The van der Waals surface area contributed by atoms with Crippen molar-refractivity contribution in [2.45, 2.75) is 19.9 Å². The van der Waals surface area contributed by atoms with E-state index in [0.717, 1.165) is 5.71 Å². The van der Waals surface area contributed by atoms with Gasteiger partial charge in [0, 0.05) is 31.4 Å². The highest BCUT2D eigenvalue weighted by Crippen LogP contribution is 2.23. The molecule has 0 saturated carbocycles. The second-order valence-corrected chi connectivity index (χ2v) is 5.82. The SMILES string of the molecule is CC(=O)NCc1ccc(CC2=CC3C=CC=CC3=NC2=O)c(F)c1. The van der Waals surface area contributed by atoms with Gasteiger partial charge in [-0.15, -0.1) is 0 Å². The van der Waals surface area contributed by atoms with Gasteiger partial charge >= 0.3 is 0 Å². The second kappa shape index (κ2) is 6.74. The molecule has 1 aliphatic heterocycles. The molecular weight excluding hydrogens is 307 g/mol. The van der Waals surface area contributed by atoms with Crippen LogP contribution in [0.1, 0.15) is 18.1 Å². The van der Waals surface area contributed by atoms with Gasteiger partial charge in [0.15, 0.2) is 0 Å². The van der Waals surface area contributed by atoms with Gasteiger partial charge in [0.05, 0.1) is 5.71 Å². The van der Waals surface area contributed by atoms with Crippen LogP contribution in [-0.2, 0) is 22.6 Å². The van der Waals surface area contributed by atoms with E-state index in [-0.39, 0.29) is 36.5 Å². The zero-order valence-electron chi connectivity index (χ0n) is 13.3. The van der Waals surface area contributed by atoms with Crippen LogP contribution in [0, 0.1) is 11.7 Å². The summed E-state index contributed by atoms with van der Waals surface area (Å²) in [5, 5.41) is 2.63. The van der Waals surface area contributed by atoms with Crippen molar-refractivity contribution in [3.05, 3.63) is 71.1 Å². The van der Waals surface area contributed by atoms with Gasteiger partial charge < -0.3 is 5.32 Å². The van der Waals surface area contributed by atoms with E-state index in [1.54, 1.807) is 12.1 Å². The van der Waals surface area contributed by atoms with Crippen molar-refractivity contribution in [3.63, 3.8) is 0 Å². The number of rotatable bonds is 4. The van der Waals surface area contributed by atoms with Gasteiger partial charge in [0.2, 0.25) is 5.91 Å². The lowest BCUT2D eigenvalue weighted by molar-refractivity contribution is -0.119. The maximum Gasteiger partial charge on any atom is 0.273 e. The molecule has 1 aromatic rings. The number of dihydropyridines is 1. The smallest absolute Gasteiger partial charge is 0.273 e. The highest BCUT2D eigenvalue weighted by atomic mass is 19.1. The Hall–Kier alpha value is -2.82. The van der Waals surface area contributed by atoms with Crippen molar-refractivity contribution in [3.8, 4) is 0 Å².